The molecule has 2 bridgehead atoms. The largest absolute Gasteiger partial charge is 0.478 e. The zero-order valence-corrected chi connectivity index (χ0v) is 10.8. The highest BCUT2D eigenvalue weighted by Crippen LogP contribution is 2.40. The Labute approximate surface area is 112 Å². The van der Waals surface area contributed by atoms with Crippen LogP contribution in [0.5, 0.6) is 0 Å². The number of carboxylic acid groups (broad SMARTS) is 1. The molecule has 4 unspecified atom stereocenters. The van der Waals surface area contributed by atoms with Crippen LogP contribution in [0.2, 0.25) is 0 Å². The first-order valence-electron chi connectivity index (χ1n) is 6.88. The molecule has 0 aliphatic carbocycles. The van der Waals surface area contributed by atoms with Crippen molar-refractivity contribution in [3.8, 4) is 0 Å². The zero-order valence-electron chi connectivity index (χ0n) is 10.8. The van der Waals surface area contributed by atoms with Gasteiger partial charge in [0.2, 0.25) is 0 Å². The number of rotatable bonds is 4. The van der Waals surface area contributed by atoms with E-state index in [0.717, 1.165) is 25.7 Å². The number of hydrogen-bond donors (Lipinski definition) is 2. The highest BCUT2D eigenvalue weighted by atomic mass is 16.5. The molecule has 2 aliphatic rings. The van der Waals surface area contributed by atoms with Gasteiger partial charge >= 0.3 is 5.97 Å². The quantitative estimate of drug-likeness (QED) is 0.867. The number of carbonyl (C=O) groups is 1. The third kappa shape index (κ3) is 2.38. The lowest BCUT2D eigenvalue weighted by Gasteiger charge is -2.24. The van der Waals surface area contributed by atoms with Crippen molar-refractivity contribution >= 4 is 5.97 Å². The molecule has 1 aromatic carbocycles. The molecule has 2 aliphatic heterocycles. The van der Waals surface area contributed by atoms with Gasteiger partial charge < -0.3 is 15.6 Å². The number of aryl methyl sites for hydroxylation is 1. The molecule has 0 saturated carbocycles. The Kier molecular flexibility index (Phi) is 3.29. The molecule has 0 amide bonds. The van der Waals surface area contributed by atoms with E-state index in [0.29, 0.717) is 17.6 Å². The lowest BCUT2D eigenvalue weighted by Crippen LogP contribution is -2.39. The predicted molar refractivity (Wildman–Crippen MR) is 71.1 cm³/mol. The minimum absolute atomic E-state index is 0.178. The molecule has 0 spiro atoms. The Morgan fingerprint density at radius 2 is 1.95 bits per heavy atom. The van der Waals surface area contributed by atoms with Crippen LogP contribution in [0, 0.1) is 5.92 Å². The smallest absolute Gasteiger partial charge is 0.335 e. The van der Waals surface area contributed by atoms with Crippen LogP contribution in [-0.2, 0) is 11.2 Å². The van der Waals surface area contributed by atoms with Crippen molar-refractivity contribution in [3.63, 3.8) is 0 Å². The molecule has 0 aromatic heterocycles. The summed E-state index contributed by atoms with van der Waals surface area (Å²) in [5.41, 5.74) is 7.69. The van der Waals surface area contributed by atoms with Gasteiger partial charge in [0, 0.05) is 12.0 Å². The molecule has 4 heteroatoms. The number of fused-ring (bicyclic) bond motifs is 2. The van der Waals surface area contributed by atoms with E-state index in [1.807, 2.05) is 12.1 Å². The third-order valence-electron chi connectivity index (χ3n) is 4.45. The molecule has 4 atom stereocenters. The van der Waals surface area contributed by atoms with Gasteiger partial charge in [-0.25, -0.2) is 4.79 Å². The predicted octanol–water partition coefficient (Wildman–Crippen LogP) is 1.82. The van der Waals surface area contributed by atoms with Crippen LogP contribution >= 0.6 is 0 Å². The van der Waals surface area contributed by atoms with Crippen molar-refractivity contribution in [1.29, 1.82) is 0 Å². The van der Waals surface area contributed by atoms with E-state index in [1.54, 1.807) is 12.1 Å². The maximum atomic E-state index is 10.8. The summed E-state index contributed by atoms with van der Waals surface area (Å²) in [6, 6.07) is 7.28. The summed E-state index contributed by atoms with van der Waals surface area (Å²) in [7, 11) is 0. The van der Waals surface area contributed by atoms with Gasteiger partial charge in [0.1, 0.15) is 0 Å². The van der Waals surface area contributed by atoms with Gasteiger partial charge in [-0.1, -0.05) is 12.1 Å². The Bertz CT molecular complexity index is 469. The number of carboxylic acids is 1. The molecule has 0 radical (unpaired) electrons. The van der Waals surface area contributed by atoms with E-state index in [9.17, 15) is 4.79 Å². The maximum Gasteiger partial charge on any atom is 0.335 e. The first kappa shape index (κ1) is 12.6. The van der Waals surface area contributed by atoms with Gasteiger partial charge in [-0.3, -0.25) is 0 Å². The number of ether oxygens (including phenoxy) is 1. The van der Waals surface area contributed by atoms with Crippen molar-refractivity contribution in [2.45, 2.75) is 43.9 Å². The lowest BCUT2D eigenvalue weighted by molar-refractivity contribution is 0.0697. The van der Waals surface area contributed by atoms with Crippen LogP contribution < -0.4 is 5.73 Å². The summed E-state index contributed by atoms with van der Waals surface area (Å²) >= 11 is 0. The number of benzene rings is 1. The highest BCUT2D eigenvalue weighted by molar-refractivity contribution is 5.87. The SMILES string of the molecule is NC1C2CCC(O2)C1CCc1ccc(C(=O)O)cc1. The Morgan fingerprint density at radius 3 is 2.53 bits per heavy atom. The standard InChI is InChI=1S/C15H19NO3/c16-14-11(12-7-8-13(14)19-12)6-3-9-1-4-10(5-2-9)15(17)18/h1-2,4-5,11-14H,3,6-8,16H2,(H,17,18). The second kappa shape index (κ2) is 4.94. The molecule has 2 saturated heterocycles. The fourth-order valence-electron chi connectivity index (χ4n) is 3.34. The van der Waals surface area contributed by atoms with E-state index in [-0.39, 0.29) is 12.1 Å². The zero-order chi connectivity index (χ0) is 13.4. The summed E-state index contributed by atoms with van der Waals surface area (Å²) in [6.07, 6.45) is 4.82. The van der Waals surface area contributed by atoms with Crippen molar-refractivity contribution in [2.24, 2.45) is 11.7 Å². The molecule has 4 nitrogen and oxygen atoms in total. The van der Waals surface area contributed by atoms with Crippen molar-refractivity contribution in [2.75, 3.05) is 0 Å². The first-order chi connectivity index (χ1) is 9.15. The second-order valence-electron chi connectivity index (χ2n) is 5.57. The van der Waals surface area contributed by atoms with Gasteiger partial charge in [0.25, 0.3) is 0 Å². The van der Waals surface area contributed by atoms with Crippen LogP contribution in [0.4, 0.5) is 0 Å². The molecule has 2 fully saturated rings. The molecule has 1 aromatic rings. The monoisotopic (exact) mass is 261 g/mol. The maximum absolute atomic E-state index is 10.8. The van der Waals surface area contributed by atoms with E-state index < -0.39 is 5.97 Å². The normalized spacial score (nSPS) is 32.7. The molecular formula is C15H19NO3. The average Bonchev–Trinajstić information content (AvgIpc) is 2.98. The third-order valence-corrected chi connectivity index (χ3v) is 4.45. The minimum atomic E-state index is -0.880. The number of hydrogen-bond acceptors (Lipinski definition) is 3. The van der Waals surface area contributed by atoms with Gasteiger partial charge in [-0.05, 0) is 43.4 Å². The van der Waals surface area contributed by atoms with Crippen molar-refractivity contribution in [1.82, 2.24) is 0 Å². The van der Waals surface area contributed by atoms with Gasteiger partial charge in [0.05, 0.1) is 17.8 Å². The summed E-state index contributed by atoms with van der Waals surface area (Å²) in [4.78, 5) is 10.8. The molecule has 2 heterocycles. The second-order valence-corrected chi connectivity index (χ2v) is 5.57. The summed E-state index contributed by atoms with van der Waals surface area (Å²) < 4.78 is 5.83. The molecule has 102 valence electrons. The minimum Gasteiger partial charge on any atom is -0.478 e. The lowest BCUT2D eigenvalue weighted by atomic mass is 9.81. The van der Waals surface area contributed by atoms with Crippen LogP contribution in [0.3, 0.4) is 0 Å². The van der Waals surface area contributed by atoms with Gasteiger partial charge in [0.15, 0.2) is 0 Å². The van der Waals surface area contributed by atoms with Crippen LogP contribution in [0.25, 0.3) is 0 Å². The average molecular weight is 261 g/mol. The van der Waals surface area contributed by atoms with Crippen LogP contribution in [0.15, 0.2) is 24.3 Å². The van der Waals surface area contributed by atoms with Crippen LogP contribution in [-0.4, -0.2) is 29.3 Å². The fourth-order valence-corrected chi connectivity index (χ4v) is 3.34. The fraction of sp³-hybridized carbons (Fsp3) is 0.533. The topological polar surface area (TPSA) is 72.5 Å². The van der Waals surface area contributed by atoms with Crippen molar-refractivity contribution in [3.05, 3.63) is 35.4 Å². The van der Waals surface area contributed by atoms with Crippen LogP contribution in [0.1, 0.15) is 35.2 Å². The summed E-state index contributed by atoms with van der Waals surface area (Å²) in [5, 5.41) is 8.85. The van der Waals surface area contributed by atoms with Crippen molar-refractivity contribution < 1.29 is 14.6 Å². The van der Waals surface area contributed by atoms with E-state index in [1.165, 1.54) is 5.56 Å². The molecule has 3 rings (SSSR count). The number of nitrogens with two attached hydrogens (primary N) is 1. The van der Waals surface area contributed by atoms with Gasteiger partial charge in [-0.15, -0.1) is 0 Å². The summed E-state index contributed by atoms with van der Waals surface area (Å²) in [6.45, 7) is 0. The molecule has 3 N–H and O–H groups in total. The van der Waals surface area contributed by atoms with Gasteiger partial charge in [-0.2, -0.15) is 0 Å². The molecular weight excluding hydrogens is 242 g/mol. The van der Waals surface area contributed by atoms with E-state index in [2.05, 4.69) is 0 Å². The highest BCUT2D eigenvalue weighted by Gasteiger charge is 2.46. The summed E-state index contributed by atoms with van der Waals surface area (Å²) in [5.74, 6) is -0.423. The molecule has 19 heavy (non-hydrogen) atoms. The Hall–Kier alpha value is -1.39. The van der Waals surface area contributed by atoms with E-state index >= 15 is 0 Å². The first-order valence-corrected chi connectivity index (χ1v) is 6.88. The number of aromatic carboxylic acids is 1. The Balaban J connectivity index is 1.59. The Morgan fingerprint density at radius 1 is 1.26 bits per heavy atom. The van der Waals surface area contributed by atoms with E-state index in [4.69, 9.17) is 15.6 Å².